The minimum absolute atomic E-state index is 0.205. The number of carbonyl (C=O) groups is 1. The lowest BCUT2D eigenvalue weighted by atomic mass is 9.93. The van der Waals surface area contributed by atoms with E-state index in [1.165, 1.54) is 0 Å². The SMILES string of the molecule is O=C1OC1C1CCC(CCc2ccccc2)C1OC(F)(F)F. The Morgan fingerprint density at radius 1 is 1.18 bits per heavy atom. The predicted molar refractivity (Wildman–Crippen MR) is 71.8 cm³/mol. The average molecular weight is 314 g/mol. The number of rotatable bonds is 5. The van der Waals surface area contributed by atoms with Gasteiger partial charge in [-0.05, 0) is 37.2 Å². The minimum atomic E-state index is -4.68. The number of aryl methyl sites for hydroxylation is 1. The molecule has 1 heterocycles. The fourth-order valence-corrected chi connectivity index (χ4v) is 3.40. The average Bonchev–Trinajstić information content (AvgIpc) is 3.05. The van der Waals surface area contributed by atoms with E-state index in [4.69, 9.17) is 4.74 Å². The van der Waals surface area contributed by atoms with Crippen LogP contribution < -0.4 is 0 Å². The molecule has 6 heteroatoms. The maximum absolute atomic E-state index is 12.7. The Labute approximate surface area is 126 Å². The number of halogens is 3. The van der Waals surface area contributed by atoms with Crippen molar-refractivity contribution in [2.45, 2.75) is 44.3 Å². The van der Waals surface area contributed by atoms with Crippen LogP contribution in [-0.2, 0) is 20.7 Å². The number of benzene rings is 1. The third-order valence-electron chi connectivity index (χ3n) is 4.48. The third-order valence-corrected chi connectivity index (χ3v) is 4.48. The van der Waals surface area contributed by atoms with E-state index in [0.717, 1.165) is 5.56 Å². The van der Waals surface area contributed by atoms with Gasteiger partial charge in [-0.2, -0.15) is 0 Å². The zero-order chi connectivity index (χ0) is 15.7. The van der Waals surface area contributed by atoms with Crippen LogP contribution in [0.25, 0.3) is 0 Å². The first kappa shape index (κ1) is 15.3. The highest BCUT2D eigenvalue weighted by Gasteiger charge is 2.55. The van der Waals surface area contributed by atoms with Crippen LogP contribution in [0.1, 0.15) is 24.8 Å². The molecule has 1 aliphatic carbocycles. The summed E-state index contributed by atoms with van der Waals surface area (Å²) in [4.78, 5) is 11.1. The first-order valence-electron chi connectivity index (χ1n) is 7.43. The summed E-state index contributed by atoms with van der Waals surface area (Å²) < 4.78 is 47.1. The van der Waals surface area contributed by atoms with Crippen molar-refractivity contribution in [3.05, 3.63) is 35.9 Å². The Hall–Kier alpha value is -1.56. The van der Waals surface area contributed by atoms with E-state index in [1.54, 1.807) is 0 Å². The van der Waals surface area contributed by atoms with Crippen LogP contribution in [0.2, 0.25) is 0 Å². The Balaban J connectivity index is 1.65. The standard InChI is InChI=1S/C16H17F3O3/c17-16(18,19)22-13-11(7-6-10-4-2-1-3-5-10)8-9-12(13)14-15(20)21-14/h1-5,11-14H,6-9H2. The van der Waals surface area contributed by atoms with E-state index in [-0.39, 0.29) is 5.92 Å². The third kappa shape index (κ3) is 3.61. The summed E-state index contributed by atoms with van der Waals surface area (Å²) in [6.07, 6.45) is -3.88. The topological polar surface area (TPSA) is 38.8 Å². The van der Waals surface area contributed by atoms with Gasteiger partial charge in [0.2, 0.25) is 6.10 Å². The molecule has 22 heavy (non-hydrogen) atoms. The molecule has 2 fully saturated rings. The van der Waals surface area contributed by atoms with Gasteiger partial charge in [-0.15, -0.1) is 13.2 Å². The molecule has 1 saturated heterocycles. The maximum atomic E-state index is 12.7. The Morgan fingerprint density at radius 3 is 2.45 bits per heavy atom. The molecule has 0 bridgehead atoms. The first-order valence-corrected chi connectivity index (χ1v) is 7.43. The fourth-order valence-electron chi connectivity index (χ4n) is 3.40. The molecule has 1 saturated carbocycles. The van der Waals surface area contributed by atoms with Crippen LogP contribution in [0, 0.1) is 11.8 Å². The zero-order valence-corrected chi connectivity index (χ0v) is 11.9. The summed E-state index contributed by atoms with van der Waals surface area (Å²) in [6, 6.07) is 9.64. The van der Waals surface area contributed by atoms with Crippen molar-refractivity contribution in [3.63, 3.8) is 0 Å². The van der Waals surface area contributed by atoms with Crippen LogP contribution in [0.4, 0.5) is 13.2 Å². The molecule has 120 valence electrons. The van der Waals surface area contributed by atoms with Crippen molar-refractivity contribution < 1.29 is 27.4 Å². The molecular weight excluding hydrogens is 297 g/mol. The second kappa shape index (κ2) is 5.91. The Bertz CT molecular complexity index is 529. The quantitative estimate of drug-likeness (QED) is 0.781. The van der Waals surface area contributed by atoms with Gasteiger partial charge in [-0.3, -0.25) is 4.74 Å². The molecule has 0 radical (unpaired) electrons. The number of epoxide rings is 1. The molecule has 1 aromatic rings. The Kier molecular flexibility index (Phi) is 4.12. The van der Waals surface area contributed by atoms with Crippen LogP contribution in [0.15, 0.2) is 30.3 Å². The molecular formula is C16H17F3O3. The van der Waals surface area contributed by atoms with Crippen molar-refractivity contribution in [2.75, 3.05) is 0 Å². The monoisotopic (exact) mass is 314 g/mol. The van der Waals surface area contributed by atoms with Crippen molar-refractivity contribution in [1.29, 1.82) is 0 Å². The predicted octanol–water partition coefficient (Wildman–Crippen LogP) is 3.48. The smallest absolute Gasteiger partial charge is 0.447 e. The second-order valence-electron chi connectivity index (χ2n) is 5.91. The van der Waals surface area contributed by atoms with E-state index < -0.39 is 30.5 Å². The normalized spacial score (nSPS) is 31.1. The van der Waals surface area contributed by atoms with Gasteiger partial charge in [0.05, 0.1) is 6.10 Å². The van der Waals surface area contributed by atoms with Gasteiger partial charge >= 0.3 is 12.3 Å². The molecule has 0 N–H and O–H groups in total. The molecule has 4 unspecified atom stereocenters. The highest BCUT2D eigenvalue weighted by Crippen LogP contribution is 2.44. The minimum Gasteiger partial charge on any atom is -0.447 e. The summed E-state index contributed by atoms with van der Waals surface area (Å²) >= 11 is 0. The number of hydrogen-bond acceptors (Lipinski definition) is 3. The molecule has 3 nitrogen and oxygen atoms in total. The second-order valence-corrected chi connectivity index (χ2v) is 5.91. The van der Waals surface area contributed by atoms with Crippen molar-refractivity contribution >= 4 is 5.97 Å². The maximum Gasteiger partial charge on any atom is 0.522 e. The van der Waals surface area contributed by atoms with Crippen LogP contribution in [0.5, 0.6) is 0 Å². The summed E-state index contributed by atoms with van der Waals surface area (Å²) in [5, 5.41) is 0. The van der Waals surface area contributed by atoms with E-state index >= 15 is 0 Å². The van der Waals surface area contributed by atoms with Gasteiger partial charge in [0.1, 0.15) is 0 Å². The highest BCUT2D eigenvalue weighted by atomic mass is 19.4. The summed E-state index contributed by atoms with van der Waals surface area (Å²) in [7, 11) is 0. The van der Waals surface area contributed by atoms with Gasteiger partial charge in [-0.25, -0.2) is 4.79 Å². The van der Waals surface area contributed by atoms with Gasteiger partial charge in [0.25, 0.3) is 0 Å². The highest BCUT2D eigenvalue weighted by molar-refractivity contribution is 5.87. The van der Waals surface area contributed by atoms with E-state index in [1.807, 2.05) is 30.3 Å². The fraction of sp³-hybridized carbons (Fsp3) is 0.562. The number of alkyl halides is 3. The largest absolute Gasteiger partial charge is 0.522 e. The number of carbonyl (C=O) groups excluding carboxylic acids is 1. The van der Waals surface area contributed by atoms with Crippen molar-refractivity contribution in [2.24, 2.45) is 11.8 Å². The number of ether oxygens (including phenoxy) is 2. The first-order chi connectivity index (χ1) is 10.4. The van der Waals surface area contributed by atoms with Gasteiger partial charge in [-0.1, -0.05) is 30.3 Å². The summed E-state index contributed by atoms with van der Waals surface area (Å²) in [6.45, 7) is 0. The lowest BCUT2D eigenvalue weighted by Gasteiger charge is -2.24. The van der Waals surface area contributed by atoms with Gasteiger partial charge in [0, 0.05) is 5.92 Å². The lowest BCUT2D eigenvalue weighted by Crippen LogP contribution is -2.34. The lowest BCUT2D eigenvalue weighted by molar-refractivity contribution is -0.351. The number of cyclic esters (lactones) is 1. The molecule has 2 aliphatic rings. The van der Waals surface area contributed by atoms with E-state index in [0.29, 0.717) is 25.7 Å². The zero-order valence-electron chi connectivity index (χ0n) is 11.9. The van der Waals surface area contributed by atoms with Crippen molar-refractivity contribution in [1.82, 2.24) is 0 Å². The van der Waals surface area contributed by atoms with E-state index in [2.05, 4.69) is 4.74 Å². The van der Waals surface area contributed by atoms with Crippen LogP contribution in [-0.4, -0.2) is 24.5 Å². The molecule has 1 aliphatic heterocycles. The summed E-state index contributed by atoms with van der Waals surface area (Å²) in [5.41, 5.74) is 1.09. The van der Waals surface area contributed by atoms with Gasteiger partial charge < -0.3 is 4.74 Å². The molecule has 3 rings (SSSR count). The van der Waals surface area contributed by atoms with E-state index in [9.17, 15) is 18.0 Å². The Morgan fingerprint density at radius 2 is 1.86 bits per heavy atom. The molecule has 0 aromatic heterocycles. The molecule has 0 spiro atoms. The van der Waals surface area contributed by atoms with Crippen LogP contribution in [0.3, 0.4) is 0 Å². The molecule has 0 amide bonds. The van der Waals surface area contributed by atoms with Gasteiger partial charge in [0.15, 0.2) is 0 Å². The molecule has 4 atom stereocenters. The molecule has 1 aromatic carbocycles. The number of hydrogen-bond donors (Lipinski definition) is 0. The summed E-state index contributed by atoms with van der Waals surface area (Å²) in [5.74, 6) is -1.09. The van der Waals surface area contributed by atoms with Crippen LogP contribution >= 0.6 is 0 Å². The van der Waals surface area contributed by atoms with Crippen molar-refractivity contribution in [3.8, 4) is 0 Å².